The third kappa shape index (κ3) is 13.7. The van der Waals surface area contributed by atoms with Gasteiger partial charge in [0.15, 0.2) is 17.1 Å². The molecule has 0 aliphatic carbocycles. The summed E-state index contributed by atoms with van der Waals surface area (Å²) in [6, 6.07) is 23.3. The van der Waals surface area contributed by atoms with E-state index in [-0.39, 0.29) is 55.0 Å². The van der Waals surface area contributed by atoms with Crippen LogP contribution < -0.4 is 26.0 Å². The molecule has 0 aromatic heterocycles. The molecule has 0 heterocycles. The zero-order valence-corrected chi connectivity index (χ0v) is 39.5. The van der Waals surface area contributed by atoms with Gasteiger partial charge in [0.05, 0.1) is 49.0 Å². The van der Waals surface area contributed by atoms with Gasteiger partial charge in [0, 0.05) is 23.1 Å². The summed E-state index contributed by atoms with van der Waals surface area (Å²) in [5.74, 6) is -4.24. The molecule has 20 heteroatoms. The first kappa shape index (κ1) is 50.8. The van der Waals surface area contributed by atoms with Gasteiger partial charge >= 0.3 is 0 Å². The van der Waals surface area contributed by atoms with Crippen LogP contribution in [0.25, 0.3) is 0 Å². The second-order valence-corrected chi connectivity index (χ2v) is 17.2. The first-order chi connectivity index (χ1) is 31.3. The number of nitrogens with one attached hydrogen (secondary N) is 4. The van der Waals surface area contributed by atoms with E-state index in [4.69, 9.17) is 62.7 Å². The van der Waals surface area contributed by atoms with Crippen molar-refractivity contribution in [1.29, 1.82) is 0 Å². The summed E-state index contributed by atoms with van der Waals surface area (Å²) in [6.45, 7) is 7.33. The quantitative estimate of drug-likeness (QED) is 0.0379. The fraction of sp³-hybridized carbons (Fsp3) is 0.217. The topological polar surface area (TPSA) is 209 Å². The summed E-state index contributed by atoms with van der Waals surface area (Å²) in [4.78, 5) is 78.8. The van der Waals surface area contributed by atoms with Crippen molar-refractivity contribution in [3.8, 4) is 5.75 Å². The highest BCUT2D eigenvalue weighted by Gasteiger charge is 2.27. The minimum absolute atomic E-state index is 0.0301. The maximum absolute atomic E-state index is 13.5. The number of rotatable bonds is 18. The molecule has 5 rings (SSSR count). The van der Waals surface area contributed by atoms with E-state index in [1.54, 1.807) is 62.4 Å². The number of carbonyl (C=O) groups excluding carboxylic acids is 6. The van der Waals surface area contributed by atoms with Crippen LogP contribution in [0.4, 0.5) is 34.1 Å². The fourth-order valence-corrected chi connectivity index (χ4v) is 6.95. The van der Waals surface area contributed by atoms with E-state index in [2.05, 4.69) is 41.7 Å². The molecule has 5 aromatic carbocycles. The minimum Gasteiger partial charge on any atom is -0.473 e. The lowest BCUT2D eigenvalue weighted by Crippen LogP contribution is -2.32. The molecule has 4 amide bonds. The zero-order chi connectivity index (χ0) is 48.2. The lowest BCUT2D eigenvalue weighted by molar-refractivity contribution is -0.127. The van der Waals surface area contributed by atoms with Gasteiger partial charge < -0.3 is 26.0 Å². The molecule has 0 saturated heterocycles. The van der Waals surface area contributed by atoms with Crippen LogP contribution in [0.3, 0.4) is 0 Å². The number of hydrogen-bond donors (Lipinski definition) is 4. The molecule has 5 aromatic rings. The van der Waals surface area contributed by atoms with E-state index in [1.165, 1.54) is 61.5 Å². The lowest BCUT2D eigenvalue weighted by atomic mass is 10.1. The predicted molar refractivity (Wildman–Crippen MR) is 258 cm³/mol. The molecule has 0 spiro atoms. The van der Waals surface area contributed by atoms with Crippen molar-refractivity contribution in [1.82, 2.24) is 0 Å². The zero-order valence-electron chi connectivity index (χ0n) is 35.7. The Balaban J connectivity index is 1.30. The largest absolute Gasteiger partial charge is 0.473 e. The Morgan fingerprint density at radius 3 is 1.39 bits per heavy atom. The molecular formula is C46H41Cl5N8O7. The average Bonchev–Trinajstić information content (AvgIpc) is 3.25. The number of azo groups is 2. The van der Waals surface area contributed by atoms with E-state index >= 15 is 0 Å². The SMILES string of the molecule is CC(=O)C(N=Nc1ccc(Cl)c(C(=O)Nc2ccccc2C(C)Cl)c1)C(=O)Nc1ccc(NC(=O)C(N=Nc2ccc(Cl)c(C(=O)Nc3ccccc3C(C)Cl)c2)C(C)=O)c(OC(C)Cl)c1. The van der Waals surface area contributed by atoms with Crippen LogP contribution >= 0.6 is 58.0 Å². The van der Waals surface area contributed by atoms with Gasteiger partial charge in [0.25, 0.3) is 23.6 Å². The molecule has 5 atom stereocenters. The van der Waals surface area contributed by atoms with Gasteiger partial charge in [-0.25, -0.2) is 0 Å². The van der Waals surface area contributed by atoms with Crippen molar-refractivity contribution in [3.05, 3.63) is 135 Å². The highest BCUT2D eigenvalue weighted by molar-refractivity contribution is 6.35. The number of nitrogens with zero attached hydrogens (tertiary/aromatic N) is 4. The van der Waals surface area contributed by atoms with E-state index in [0.29, 0.717) is 22.5 Å². The average molecular weight is 995 g/mol. The Morgan fingerprint density at radius 2 is 0.970 bits per heavy atom. The van der Waals surface area contributed by atoms with Gasteiger partial charge in [-0.05, 0) is 106 Å². The van der Waals surface area contributed by atoms with Crippen molar-refractivity contribution < 1.29 is 33.5 Å². The number of hydrogen-bond acceptors (Lipinski definition) is 11. The fourth-order valence-electron chi connectivity index (χ4n) is 6.07. The number of amides is 4. The van der Waals surface area contributed by atoms with Gasteiger partial charge in [0.2, 0.25) is 12.1 Å². The number of ether oxygens (including phenoxy) is 1. The van der Waals surface area contributed by atoms with Crippen molar-refractivity contribution in [2.75, 3.05) is 21.3 Å². The summed E-state index contributed by atoms with van der Waals surface area (Å²) in [5, 5.41) is 26.2. The Labute approximate surface area is 404 Å². The number of benzene rings is 5. The molecule has 0 fully saturated rings. The molecule has 0 saturated carbocycles. The number of para-hydroxylation sites is 2. The smallest absolute Gasteiger partial charge is 0.258 e. The normalized spacial score (nSPS) is 13.5. The standard InChI is InChI=1S/C46H41Cl5N8O7/c1-23(47)31-10-6-8-12-37(31)53-43(62)33-20-29(14-17-35(33)50)56-58-41(25(3)60)45(64)52-28-16-19-39(40(22-28)66-27(5)49)55-46(65)42(26(4)61)59-57-30-15-18-36(51)34(21-30)44(63)54-38-13-9-7-11-32(38)24(2)48/h6-24,27,41-42H,1-5H3,(H,52,64)(H,53,62)(H,54,63)(H,55,65). The van der Waals surface area contributed by atoms with Crippen LogP contribution in [0, 0.1) is 0 Å². The van der Waals surface area contributed by atoms with Gasteiger partial charge in [-0.3, -0.25) is 28.8 Å². The molecule has 342 valence electrons. The number of halogens is 5. The van der Waals surface area contributed by atoms with Crippen LogP contribution in [-0.2, 0) is 19.2 Å². The minimum atomic E-state index is -1.65. The predicted octanol–water partition coefficient (Wildman–Crippen LogP) is 12.4. The number of Topliss-reactive ketones (excluding diaryl/α,β-unsaturated/α-hetero) is 2. The second kappa shape index (κ2) is 23.3. The van der Waals surface area contributed by atoms with Crippen molar-refractivity contribution in [2.24, 2.45) is 20.5 Å². The molecule has 0 aliphatic heterocycles. The number of alkyl halides is 3. The van der Waals surface area contributed by atoms with Crippen molar-refractivity contribution in [3.63, 3.8) is 0 Å². The molecule has 0 aliphatic rings. The molecule has 66 heavy (non-hydrogen) atoms. The third-order valence-corrected chi connectivity index (χ3v) is 10.5. The molecule has 5 unspecified atom stereocenters. The first-order valence-electron chi connectivity index (χ1n) is 19.9. The highest BCUT2D eigenvalue weighted by atomic mass is 35.5. The number of ketones is 2. The van der Waals surface area contributed by atoms with E-state index in [0.717, 1.165) is 13.8 Å². The maximum atomic E-state index is 13.5. The Hall–Kier alpha value is -6.23. The maximum Gasteiger partial charge on any atom is 0.258 e. The van der Waals surface area contributed by atoms with Crippen LogP contribution in [0.2, 0.25) is 10.0 Å². The summed E-state index contributed by atoms with van der Waals surface area (Å²) in [5.41, 5.74) is 1.91. The number of anilines is 4. The van der Waals surface area contributed by atoms with Crippen molar-refractivity contribution >= 4 is 127 Å². The molecule has 15 nitrogen and oxygen atoms in total. The summed E-state index contributed by atoms with van der Waals surface area (Å²) in [6.07, 6.45) is 0. The van der Waals surface area contributed by atoms with Crippen molar-refractivity contribution in [2.45, 2.75) is 63.0 Å². The molecular weight excluding hydrogens is 954 g/mol. The van der Waals surface area contributed by atoms with Crippen LogP contribution in [0.1, 0.15) is 77.2 Å². The van der Waals surface area contributed by atoms with E-state index < -0.39 is 58.2 Å². The summed E-state index contributed by atoms with van der Waals surface area (Å²) >= 11 is 31.4. The van der Waals surface area contributed by atoms with E-state index in [9.17, 15) is 28.8 Å². The van der Waals surface area contributed by atoms with Gasteiger partial charge in [-0.2, -0.15) is 20.5 Å². The van der Waals surface area contributed by atoms with Crippen LogP contribution in [0.5, 0.6) is 5.75 Å². The molecule has 4 N–H and O–H groups in total. The van der Waals surface area contributed by atoms with Gasteiger partial charge in [0.1, 0.15) is 5.75 Å². The van der Waals surface area contributed by atoms with Gasteiger partial charge in [-0.1, -0.05) is 71.2 Å². The Kier molecular flexibility index (Phi) is 17.9. The van der Waals surface area contributed by atoms with Crippen LogP contribution in [0.15, 0.2) is 124 Å². The third-order valence-electron chi connectivity index (χ3n) is 9.30. The molecule has 0 bridgehead atoms. The van der Waals surface area contributed by atoms with Crippen LogP contribution in [-0.4, -0.2) is 52.8 Å². The monoisotopic (exact) mass is 992 g/mol. The molecule has 0 radical (unpaired) electrons. The lowest BCUT2D eigenvalue weighted by Gasteiger charge is -2.17. The number of carbonyl (C=O) groups is 6. The Morgan fingerprint density at radius 1 is 0.530 bits per heavy atom. The van der Waals surface area contributed by atoms with Gasteiger partial charge in [-0.15, -0.1) is 23.2 Å². The van der Waals surface area contributed by atoms with E-state index in [1.807, 2.05) is 0 Å². The highest BCUT2D eigenvalue weighted by Crippen LogP contribution is 2.33. The summed E-state index contributed by atoms with van der Waals surface area (Å²) < 4.78 is 5.70. The summed E-state index contributed by atoms with van der Waals surface area (Å²) in [7, 11) is 0. The Bertz CT molecular complexity index is 2730. The first-order valence-corrected chi connectivity index (χ1v) is 22.0. The second-order valence-electron chi connectivity index (χ2n) is 14.5.